The Hall–Kier alpha value is -0.490. The molecule has 0 aliphatic rings. The highest BCUT2D eigenvalue weighted by Gasteiger charge is 2.11. The van der Waals surface area contributed by atoms with E-state index < -0.39 is 0 Å². The maximum Gasteiger partial charge on any atom is 0.0931 e. The Balaban J connectivity index is 2.63. The summed E-state index contributed by atoms with van der Waals surface area (Å²) in [5.41, 5.74) is 0. The first-order valence-electron chi connectivity index (χ1n) is 4.70. The fraction of sp³-hybridized carbons (Fsp3) is 0.455. The van der Waals surface area contributed by atoms with Crippen LogP contribution in [0.3, 0.4) is 0 Å². The Morgan fingerprint density at radius 3 is 2.93 bits per heavy atom. The minimum absolute atomic E-state index is 0.262. The third-order valence-electron chi connectivity index (χ3n) is 1.90. The molecule has 14 heavy (non-hydrogen) atoms. The van der Waals surface area contributed by atoms with Crippen LogP contribution in [0.25, 0.3) is 0 Å². The highest BCUT2D eigenvalue weighted by Crippen LogP contribution is 2.28. The zero-order valence-electron chi connectivity index (χ0n) is 8.22. The summed E-state index contributed by atoms with van der Waals surface area (Å²) in [5.74, 6) is 2.69. The van der Waals surface area contributed by atoms with Crippen molar-refractivity contribution in [3.05, 3.63) is 21.3 Å². The van der Waals surface area contributed by atoms with Gasteiger partial charge in [0.1, 0.15) is 0 Å². The van der Waals surface area contributed by atoms with Crippen LogP contribution in [0.1, 0.15) is 30.7 Å². The molecule has 1 nitrogen and oxygen atoms in total. The molecule has 0 spiro atoms. The number of thiophene rings is 1. The van der Waals surface area contributed by atoms with Gasteiger partial charge in [0.05, 0.1) is 10.4 Å². The van der Waals surface area contributed by atoms with E-state index >= 15 is 0 Å². The number of hydrogen-bond acceptors (Lipinski definition) is 2. The molecular weight excluding hydrogens is 214 g/mol. The molecule has 1 aromatic heterocycles. The summed E-state index contributed by atoms with van der Waals surface area (Å²) in [4.78, 5) is 1.22. The van der Waals surface area contributed by atoms with Crippen molar-refractivity contribution in [3.63, 3.8) is 0 Å². The van der Waals surface area contributed by atoms with E-state index in [1.54, 1.807) is 11.3 Å². The van der Waals surface area contributed by atoms with Gasteiger partial charge >= 0.3 is 0 Å². The molecule has 1 atom stereocenters. The molecule has 0 aliphatic carbocycles. The third kappa shape index (κ3) is 3.34. The largest absolute Gasteiger partial charge is 0.308 e. The second-order valence-electron chi connectivity index (χ2n) is 3.06. The van der Waals surface area contributed by atoms with Gasteiger partial charge in [-0.3, -0.25) is 0 Å². The summed E-state index contributed by atoms with van der Waals surface area (Å²) in [7, 11) is 0. The molecule has 1 rings (SSSR count). The number of hydrogen-bond donors (Lipinski definition) is 1. The van der Waals surface area contributed by atoms with E-state index in [0.717, 1.165) is 23.7 Å². The first kappa shape index (κ1) is 11.6. The predicted molar refractivity (Wildman–Crippen MR) is 63.8 cm³/mol. The van der Waals surface area contributed by atoms with Crippen LogP contribution in [0.2, 0.25) is 4.34 Å². The maximum absolute atomic E-state index is 5.88. The van der Waals surface area contributed by atoms with Gasteiger partial charge in [0.25, 0.3) is 0 Å². The molecule has 0 aliphatic heterocycles. The van der Waals surface area contributed by atoms with Crippen molar-refractivity contribution >= 4 is 22.9 Å². The van der Waals surface area contributed by atoms with Gasteiger partial charge in [-0.05, 0) is 25.1 Å². The van der Waals surface area contributed by atoms with Crippen LogP contribution < -0.4 is 5.32 Å². The van der Waals surface area contributed by atoms with Crippen molar-refractivity contribution in [1.29, 1.82) is 0 Å². The molecule has 0 bridgehead atoms. The predicted octanol–water partition coefficient (Wildman–Crippen LogP) is 3.47. The van der Waals surface area contributed by atoms with Gasteiger partial charge in [-0.1, -0.05) is 18.5 Å². The van der Waals surface area contributed by atoms with Crippen LogP contribution in [0.4, 0.5) is 0 Å². The third-order valence-corrected chi connectivity index (χ3v) is 3.24. The Morgan fingerprint density at radius 1 is 1.64 bits per heavy atom. The quantitative estimate of drug-likeness (QED) is 0.760. The van der Waals surface area contributed by atoms with Crippen molar-refractivity contribution in [2.75, 3.05) is 6.54 Å². The zero-order chi connectivity index (χ0) is 10.4. The molecule has 1 aromatic rings. The number of nitrogens with one attached hydrogen (secondary N) is 1. The minimum atomic E-state index is 0.262. The standard InChI is InChI=1S/C11H14ClNS/c1-3-5-9(13-8-4-2)10-6-7-11(12)14-10/h1,6-7,9,13H,4-5,8H2,2H3. The lowest BCUT2D eigenvalue weighted by molar-refractivity contribution is 0.550. The molecule has 0 amide bonds. The topological polar surface area (TPSA) is 12.0 Å². The SMILES string of the molecule is C#CCC(NCCC)c1ccc(Cl)s1. The fourth-order valence-corrected chi connectivity index (χ4v) is 2.36. The van der Waals surface area contributed by atoms with Gasteiger partial charge in [-0.25, -0.2) is 0 Å². The number of halogens is 1. The van der Waals surface area contributed by atoms with Crippen molar-refractivity contribution in [2.24, 2.45) is 0 Å². The van der Waals surface area contributed by atoms with Crippen LogP contribution in [0.15, 0.2) is 12.1 Å². The molecule has 1 unspecified atom stereocenters. The average molecular weight is 228 g/mol. The van der Waals surface area contributed by atoms with Crippen molar-refractivity contribution in [2.45, 2.75) is 25.8 Å². The molecular formula is C11H14ClNS. The van der Waals surface area contributed by atoms with E-state index in [1.807, 2.05) is 12.1 Å². The normalized spacial score (nSPS) is 12.4. The summed E-state index contributed by atoms with van der Waals surface area (Å²) < 4.78 is 0.820. The van der Waals surface area contributed by atoms with E-state index in [-0.39, 0.29) is 6.04 Å². The summed E-state index contributed by atoms with van der Waals surface area (Å²) in [6.07, 6.45) is 7.16. The van der Waals surface area contributed by atoms with Crippen molar-refractivity contribution < 1.29 is 0 Å². The van der Waals surface area contributed by atoms with Gasteiger partial charge in [0, 0.05) is 11.3 Å². The number of terminal acetylenes is 1. The first-order chi connectivity index (χ1) is 6.77. The molecule has 0 saturated heterocycles. The molecule has 1 heterocycles. The lowest BCUT2D eigenvalue weighted by atomic mass is 10.2. The first-order valence-corrected chi connectivity index (χ1v) is 5.89. The Morgan fingerprint density at radius 2 is 2.43 bits per heavy atom. The Labute approximate surface area is 94.5 Å². The average Bonchev–Trinajstić information content (AvgIpc) is 2.59. The van der Waals surface area contributed by atoms with Gasteiger partial charge in [-0.15, -0.1) is 23.7 Å². The second kappa shape index (κ2) is 6.08. The monoisotopic (exact) mass is 227 g/mol. The summed E-state index contributed by atoms with van der Waals surface area (Å²) >= 11 is 7.47. The minimum Gasteiger partial charge on any atom is -0.308 e. The van der Waals surface area contributed by atoms with Crippen LogP contribution >= 0.6 is 22.9 Å². The molecule has 76 valence electrons. The summed E-state index contributed by atoms with van der Waals surface area (Å²) in [6.45, 7) is 3.13. The van der Waals surface area contributed by atoms with Gasteiger partial charge in [0.15, 0.2) is 0 Å². The smallest absolute Gasteiger partial charge is 0.0931 e. The summed E-state index contributed by atoms with van der Waals surface area (Å²) in [5, 5.41) is 3.41. The van der Waals surface area contributed by atoms with Gasteiger partial charge in [0.2, 0.25) is 0 Å². The van der Waals surface area contributed by atoms with Crippen molar-refractivity contribution in [3.8, 4) is 12.3 Å². The van der Waals surface area contributed by atoms with E-state index in [2.05, 4.69) is 18.2 Å². The van der Waals surface area contributed by atoms with Crippen LogP contribution in [-0.2, 0) is 0 Å². The molecule has 3 heteroatoms. The molecule has 0 aromatic carbocycles. The van der Waals surface area contributed by atoms with E-state index in [9.17, 15) is 0 Å². The van der Waals surface area contributed by atoms with Gasteiger partial charge in [-0.2, -0.15) is 0 Å². The lowest BCUT2D eigenvalue weighted by Crippen LogP contribution is -2.20. The van der Waals surface area contributed by atoms with Crippen molar-refractivity contribution in [1.82, 2.24) is 5.32 Å². The molecule has 0 saturated carbocycles. The van der Waals surface area contributed by atoms with E-state index in [1.165, 1.54) is 4.88 Å². The van der Waals surface area contributed by atoms with Crippen LogP contribution in [-0.4, -0.2) is 6.54 Å². The second-order valence-corrected chi connectivity index (χ2v) is 4.80. The van der Waals surface area contributed by atoms with Gasteiger partial charge < -0.3 is 5.32 Å². The maximum atomic E-state index is 5.88. The number of rotatable bonds is 5. The highest BCUT2D eigenvalue weighted by molar-refractivity contribution is 7.16. The zero-order valence-corrected chi connectivity index (χ0v) is 9.79. The van der Waals surface area contributed by atoms with E-state index in [4.69, 9.17) is 18.0 Å². The van der Waals surface area contributed by atoms with E-state index in [0.29, 0.717) is 0 Å². The molecule has 1 N–H and O–H groups in total. The Bertz CT molecular complexity index is 313. The molecule has 0 fully saturated rings. The summed E-state index contributed by atoms with van der Waals surface area (Å²) in [6, 6.07) is 4.22. The lowest BCUT2D eigenvalue weighted by Gasteiger charge is -2.13. The molecule has 0 radical (unpaired) electrons. The van der Waals surface area contributed by atoms with Crippen LogP contribution in [0, 0.1) is 12.3 Å². The Kier molecular flexibility index (Phi) is 5.03. The van der Waals surface area contributed by atoms with Crippen LogP contribution in [0.5, 0.6) is 0 Å². The highest BCUT2D eigenvalue weighted by atomic mass is 35.5. The fourth-order valence-electron chi connectivity index (χ4n) is 1.23.